The van der Waals surface area contributed by atoms with E-state index in [0.29, 0.717) is 12.5 Å². The minimum atomic E-state index is -0.108. The van der Waals surface area contributed by atoms with Crippen molar-refractivity contribution in [3.8, 4) is 0 Å². The van der Waals surface area contributed by atoms with Gasteiger partial charge in [0.1, 0.15) is 6.61 Å². The second-order valence-corrected chi connectivity index (χ2v) is 4.97. The molecule has 1 aliphatic carbocycles. The Morgan fingerprint density at radius 1 is 1.26 bits per heavy atom. The number of hydrogen-bond acceptors (Lipinski definition) is 4. The molecule has 0 heterocycles. The Hall–Kier alpha value is -1.84. The van der Waals surface area contributed by atoms with Crippen LogP contribution in [0.25, 0.3) is 0 Å². The highest BCUT2D eigenvalue weighted by atomic mass is 16.5. The van der Waals surface area contributed by atoms with E-state index in [-0.39, 0.29) is 11.9 Å². The highest BCUT2D eigenvalue weighted by Crippen LogP contribution is 2.28. The molecule has 0 atom stereocenters. The lowest BCUT2D eigenvalue weighted by Gasteiger charge is -2.24. The van der Waals surface area contributed by atoms with Crippen molar-refractivity contribution in [3.05, 3.63) is 35.9 Å². The van der Waals surface area contributed by atoms with E-state index in [2.05, 4.69) is 5.16 Å². The lowest BCUT2D eigenvalue weighted by molar-refractivity contribution is -0.151. The fraction of sp³-hybridized carbons (Fsp3) is 0.467. The molecule has 1 saturated carbocycles. The number of benzene rings is 1. The van der Waals surface area contributed by atoms with Crippen molar-refractivity contribution in [2.75, 3.05) is 0 Å². The van der Waals surface area contributed by atoms with E-state index in [1.807, 2.05) is 30.3 Å². The Bertz CT molecular complexity index is 422. The zero-order valence-corrected chi connectivity index (χ0v) is 10.9. The lowest BCUT2D eigenvalue weighted by atomic mass is 9.83. The fourth-order valence-electron chi connectivity index (χ4n) is 2.44. The quantitative estimate of drug-likeness (QED) is 0.392. The van der Waals surface area contributed by atoms with Crippen molar-refractivity contribution < 1.29 is 14.7 Å². The summed E-state index contributed by atoms with van der Waals surface area (Å²) in [4.78, 5) is 11.9. The molecule has 1 aromatic carbocycles. The summed E-state index contributed by atoms with van der Waals surface area (Å²) in [5.41, 5.74) is 1.01. The number of esters is 1. The summed E-state index contributed by atoms with van der Waals surface area (Å²) in [7, 11) is 0. The third-order valence-corrected chi connectivity index (χ3v) is 3.61. The number of hydrogen-bond donors (Lipinski definition) is 1. The second-order valence-electron chi connectivity index (χ2n) is 4.97. The molecule has 0 aromatic heterocycles. The predicted octanol–water partition coefficient (Wildman–Crippen LogP) is 3.00. The number of oxime groups is 1. The van der Waals surface area contributed by atoms with Crippen molar-refractivity contribution in [1.29, 1.82) is 0 Å². The van der Waals surface area contributed by atoms with Crippen LogP contribution in [-0.2, 0) is 16.1 Å². The first-order chi connectivity index (χ1) is 9.29. The van der Waals surface area contributed by atoms with E-state index < -0.39 is 0 Å². The Morgan fingerprint density at radius 3 is 2.58 bits per heavy atom. The molecule has 4 heteroatoms. The molecule has 1 aromatic rings. The van der Waals surface area contributed by atoms with Gasteiger partial charge in [-0.25, -0.2) is 0 Å². The minimum absolute atomic E-state index is 0.00736. The van der Waals surface area contributed by atoms with E-state index in [4.69, 9.17) is 9.94 Å². The summed E-state index contributed by atoms with van der Waals surface area (Å²) in [5.74, 6) is 0.179. The van der Waals surface area contributed by atoms with Crippen LogP contribution in [0, 0.1) is 11.8 Å². The first-order valence-corrected chi connectivity index (χ1v) is 6.67. The van der Waals surface area contributed by atoms with E-state index in [1.165, 1.54) is 0 Å². The normalized spacial score (nSPS) is 23.4. The van der Waals surface area contributed by atoms with Gasteiger partial charge in [-0.15, -0.1) is 5.16 Å². The first kappa shape index (κ1) is 13.6. The van der Waals surface area contributed by atoms with E-state index >= 15 is 0 Å². The van der Waals surface area contributed by atoms with E-state index in [1.54, 1.807) is 6.21 Å². The van der Waals surface area contributed by atoms with E-state index in [0.717, 1.165) is 31.2 Å². The molecule has 19 heavy (non-hydrogen) atoms. The van der Waals surface area contributed by atoms with Crippen molar-refractivity contribution in [2.45, 2.75) is 32.3 Å². The molecule has 0 saturated heterocycles. The first-order valence-electron chi connectivity index (χ1n) is 6.67. The summed E-state index contributed by atoms with van der Waals surface area (Å²) in [6, 6.07) is 9.70. The van der Waals surface area contributed by atoms with Gasteiger partial charge in [0.25, 0.3) is 0 Å². The topological polar surface area (TPSA) is 58.9 Å². The molecule has 0 radical (unpaired) electrons. The lowest BCUT2D eigenvalue weighted by Crippen LogP contribution is -2.24. The standard InChI is InChI=1S/C15H19NO3/c17-15(19-11-13-4-2-1-3-5-13)14-8-6-12(7-9-14)10-16-18/h1-5,10,12,14,18H,6-9,11H2/b16-10+. The Labute approximate surface area is 113 Å². The molecule has 1 N–H and O–H groups in total. The Morgan fingerprint density at radius 2 is 1.95 bits per heavy atom. The molecule has 0 spiro atoms. The number of rotatable bonds is 4. The van der Waals surface area contributed by atoms with Gasteiger partial charge in [0.2, 0.25) is 0 Å². The van der Waals surface area contributed by atoms with Crippen molar-refractivity contribution in [2.24, 2.45) is 17.0 Å². The number of ether oxygens (including phenoxy) is 1. The van der Waals surface area contributed by atoms with Crippen molar-refractivity contribution >= 4 is 12.2 Å². The second kappa shape index (κ2) is 6.92. The minimum Gasteiger partial charge on any atom is -0.461 e. The SMILES string of the molecule is O=C(OCc1ccccc1)C1CCC(/C=N/O)CC1. The summed E-state index contributed by atoms with van der Waals surface area (Å²) in [6.45, 7) is 0.345. The van der Waals surface area contributed by atoms with Crippen LogP contribution in [0.1, 0.15) is 31.2 Å². The number of carbonyl (C=O) groups is 1. The third-order valence-electron chi connectivity index (χ3n) is 3.61. The monoisotopic (exact) mass is 261 g/mol. The summed E-state index contributed by atoms with van der Waals surface area (Å²) in [5, 5.41) is 11.5. The van der Waals surface area contributed by atoms with Gasteiger partial charge in [-0.1, -0.05) is 30.3 Å². The molecular weight excluding hydrogens is 242 g/mol. The fourth-order valence-corrected chi connectivity index (χ4v) is 2.44. The summed E-state index contributed by atoms with van der Waals surface area (Å²) >= 11 is 0. The van der Waals surface area contributed by atoms with Gasteiger partial charge in [0, 0.05) is 6.21 Å². The van der Waals surface area contributed by atoms with Crippen LogP contribution in [0.3, 0.4) is 0 Å². The van der Waals surface area contributed by atoms with Gasteiger partial charge in [-0.3, -0.25) is 4.79 Å². The summed E-state index contributed by atoms with van der Waals surface area (Å²) in [6.07, 6.45) is 4.95. The largest absolute Gasteiger partial charge is 0.461 e. The van der Waals surface area contributed by atoms with Gasteiger partial charge in [-0.05, 0) is 37.2 Å². The highest BCUT2D eigenvalue weighted by Gasteiger charge is 2.26. The van der Waals surface area contributed by atoms with Gasteiger partial charge >= 0.3 is 5.97 Å². The van der Waals surface area contributed by atoms with Crippen LogP contribution < -0.4 is 0 Å². The maximum Gasteiger partial charge on any atom is 0.309 e. The van der Waals surface area contributed by atoms with Crippen molar-refractivity contribution in [1.82, 2.24) is 0 Å². The molecule has 1 fully saturated rings. The van der Waals surface area contributed by atoms with Crippen LogP contribution in [0.2, 0.25) is 0 Å². The predicted molar refractivity (Wildman–Crippen MR) is 72.0 cm³/mol. The van der Waals surface area contributed by atoms with E-state index in [9.17, 15) is 4.79 Å². The summed E-state index contributed by atoms with van der Waals surface area (Å²) < 4.78 is 5.34. The smallest absolute Gasteiger partial charge is 0.309 e. The average molecular weight is 261 g/mol. The third kappa shape index (κ3) is 4.09. The Kier molecular flexibility index (Phi) is 4.95. The molecule has 0 bridgehead atoms. The van der Waals surface area contributed by atoms with Crippen LogP contribution in [0.15, 0.2) is 35.5 Å². The molecule has 4 nitrogen and oxygen atoms in total. The molecular formula is C15H19NO3. The van der Waals surface area contributed by atoms with Crippen LogP contribution in [-0.4, -0.2) is 17.4 Å². The molecule has 0 unspecified atom stereocenters. The highest BCUT2D eigenvalue weighted by molar-refractivity contribution is 5.73. The maximum absolute atomic E-state index is 11.9. The Balaban J connectivity index is 1.75. The molecule has 1 aliphatic rings. The van der Waals surface area contributed by atoms with Gasteiger partial charge in [-0.2, -0.15) is 0 Å². The van der Waals surface area contributed by atoms with Crippen LogP contribution in [0.4, 0.5) is 0 Å². The average Bonchev–Trinajstić information content (AvgIpc) is 2.47. The van der Waals surface area contributed by atoms with Crippen LogP contribution in [0.5, 0.6) is 0 Å². The van der Waals surface area contributed by atoms with Gasteiger partial charge < -0.3 is 9.94 Å². The molecule has 0 amide bonds. The zero-order chi connectivity index (χ0) is 13.5. The molecule has 0 aliphatic heterocycles. The van der Waals surface area contributed by atoms with Gasteiger partial charge in [0.05, 0.1) is 5.92 Å². The number of nitrogens with zero attached hydrogens (tertiary/aromatic N) is 1. The maximum atomic E-state index is 11.9. The van der Waals surface area contributed by atoms with Gasteiger partial charge in [0.15, 0.2) is 0 Å². The zero-order valence-electron chi connectivity index (χ0n) is 10.9. The molecule has 102 valence electrons. The molecule has 2 rings (SSSR count). The number of carbonyl (C=O) groups excluding carboxylic acids is 1. The van der Waals surface area contributed by atoms with Crippen molar-refractivity contribution in [3.63, 3.8) is 0 Å². The van der Waals surface area contributed by atoms with Crippen LogP contribution >= 0.6 is 0 Å².